The predicted octanol–water partition coefficient (Wildman–Crippen LogP) is 3.19. The first-order valence-electron chi connectivity index (χ1n) is 5.73. The van der Waals surface area contributed by atoms with E-state index in [9.17, 15) is 4.79 Å². The number of furan rings is 1. The van der Waals surface area contributed by atoms with Gasteiger partial charge < -0.3 is 13.9 Å². The van der Waals surface area contributed by atoms with E-state index in [2.05, 4.69) is 0 Å². The summed E-state index contributed by atoms with van der Waals surface area (Å²) in [5.41, 5.74) is 0.398. The number of hydrogen-bond acceptors (Lipinski definition) is 4. The Morgan fingerprint density at radius 3 is 2.32 bits per heavy atom. The Balaban J connectivity index is 2.32. The van der Waals surface area contributed by atoms with Crippen molar-refractivity contribution in [2.24, 2.45) is 0 Å². The number of ketones is 1. The van der Waals surface area contributed by atoms with E-state index in [1.165, 1.54) is 20.3 Å². The van der Waals surface area contributed by atoms with Crippen molar-refractivity contribution >= 4 is 11.9 Å². The van der Waals surface area contributed by atoms with Gasteiger partial charge in [0.15, 0.2) is 5.78 Å². The molecular weight excluding hydrogens is 244 g/mol. The van der Waals surface area contributed by atoms with Crippen LogP contribution in [0.25, 0.3) is 6.08 Å². The van der Waals surface area contributed by atoms with E-state index in [1.54, 1.807) is 42.7 Å². The van der Waals surface area contributed by atoms with Gasteiger partial charge >= 0.3 is 0 Å². The molecule has 0 amide bonds. The molecule has 0 atom stereocenters. The standard InChI is InChI=1S/C15H14O4/c1-17-13-6-3-7-14(18-2)15(13)12(16)9-8-11-5-4-10-19-11/h3-10H,1-2H3/b9-8+. The van der Waals surface area contributed by atoms with E-state index in [0.29, 0.717) is 22.8 Å². The molecule has 0 unspecified atom stereocenters. The summed E-state index contributed by atoms with van der Waals surface area (Å²) in [6, 6.07) is 8.73. The van der Waals surface area contributed by atoms with E-state index >= 15 is 0 Å². The SMILES string of the molecule is COc1cccc(OC)c1C(=O)/C=C/c1ccco1. The number of hydrogen-bond donors (Lipinski definition) is 0. The molecule has 0 radical (unpaired) electrons. The van der Waals surface area contributed by atoms with Crippen molar-refractivity contribution in [3.8, 4) is 11.5 Å². The Labute approximate surface area is 111 Å². The molecule has 0 fully saturated rings. The minimum absolute atomic E-state index is 0.203. The van der Waals surface area contributed by atoms with Crippen LogP contribution >= 0.6 is 0 Å². The minimum Gasteiger partial charge on any atom is -0.496 e. The van der Waals surface area contributed by atoms with Gasteiger partial charge in [0.1, 0.15) is 22.8 Å². The molecule has 0 N–H and O–H groups in total. The summed E-state index contributed by atoms with van der Waals surface area (Å²) in [6.07, 6.45) is 4.58. The molecule has 0 aliphatic heterocycles. The van der Waals surface area contributed by atoms with Gasteiger partial charge in [0.05, 0.1) is 20.5 Å². The fourth-order valence-corrected chi connectivity index (χ4v) is 1.72. The Kier molecular flexibility index (Phi) is 4.03. The van der Waals surface area contributed by atoms with Crippen molar-refractivity contribution in [3.63, 3.8) is 0 Å². The van der Waals surface area contributed by atoms with Crippen LogP contribution in [0.2, 0.25) is 0 Å². The quantitative estimate of drug-likeness (QED) is 0.610. The lowest BCUT2D eigenvalue weighted by Gasteiger charge is -2.10. The maximum absolute atomic E-state index is 12.2. The second kappa shape index (κ2) is 5.91. The molecule has 4 nitrogen and oxygen atoms in total. The predicted molar refractivity (Wildman–Crippen MR) is 71.6 cm³/mol. The lowest BCUT2D eigenvalue weighted by atomic mass is 10.1. The lowest BCUT2D eigenvalue weighted by molar-refractivity contribution is 0.104. The summed E-state index contributed by atoms with van der Waals surface area (Å²) in [7, 11) is 3.03. The molecule has 0 saturated carbocycles. The van der Waals surface area contributed by atoms with Crippen LogP contribution in [0.1, 0.15) is 16.1 Å². The first-order valence-corrected chi connectivity index (χ1v) is 5.73. The normalized spacial score (nSPS) is 10.6. The fourth-order valence-electron chi connectivity index (χ4n) is 1.72. The maximum Gasteiger partial charge on any atom is 0.193 e. The molecule has 1 aromatic heterocycles. The zero-order chi connectivity index (χ0) is 13.7. The minimum atomic E-state index is -0.203. The first-order chi connectivity index (χ1) is 9.26. The van der Waals surface area contributed by atoms with Crippen molar-refractivity contribution in [1.82, 2.24) is 0 Å². The molecule has 0 bridgehead atoms. The van der Waals surface area contributed by atoms with E-state index in [1.807, 2.05) is 0 Å². The number of carbonyl (C=O) groups is 1. The summed E-state index contributed by atoms with van der Waals surface area (Å²) in [5.74, 6) is 1.37. The van der Waals surface area contributed by atoms with Crippen molar-refractivity contribution in [2.75, 3.05) is 14.2 Å². The Morgan fingerprint density at radius 2 is 1.79 bits per heavy atom. The van der Waals surface area contributed by atoms with Gasteiger partial charge in [0, 0.05) is 0 Å². The van der Waals surface area contributed by atoms with Gasteiger partial charge in [0.2, 0.25) is 0 Å². The number of benzene rings is 1. The summed E-state index contributed by atoms with van der Waals surface area (Å²) >= 11 is 0. The molecule has 4 heteroatoms. The highest BCUT2D eigenvalue weighted by atomic mass is 16.5. The van der Waals surface area contributed by atoms with E-state index < -0.39 is 0 Å². The zero-order valence-corrected chi connectivity index (χ0v) is 10.8. The average molecular weight is 258 g/mol. The fraction of sp³-hybridized carbons (Fsp3) is 0.133. The maximum atomic E-state index is 12.2. The molecule has 0 saturated heterocycles. The molecule has 2 rings (SSSR count). The van der Waals surface area contributed by atoms with Crippen LogP contribution in [0, 0.1) is 0 Å². The van der Waals surface area contributed by atoms with Crippen molar-refractivity contribution in [1.29, 1.82) is 0 Å². The van der Waals surface area contributed by atoms with Gasteiger partial charge in [-0.25, -0.2) is 0 Å². The average Bonchev–Trinajstić information content (AvgIpc) is 2.97. The van der Waals surface area contributed by atoms with Crippen LogP contribution in [0.3, 0.4) is 0 Å². The van der Waals surface area contributed by atoms with Gasteiger partial charge in [-0.3, -0.25) is 4.79 Å². The number of ether oxygens (including phenoxy) is 2. The Hall–Kier alpha value is -2.49. The van der Waals surface area contributed by atoms with Crippen LogP contribution in [0.15, 0.2) is 47.1 Å². The highest BCUT2D eigenvalue weighted by Gasteiger charge is 2.15. The zero-order valence-electron chi connectivity index (χ0n) is 10.8. The van der Waals surface area contributed by atoms with Gasteiger partial charge in [-0.15, -0.1) is 0 Å². The van der Waals surface area contributed by atoms with Gasteiger partial charge in [-0.05, 0) is 36.4 Å². The Bertz CT molecular complexity index is 560. The molecule has 0 aliphatic carbocycles. The molecule has 98 valence electrons. The van der Waals surface area contributed by atoms with Crippen LogP contribution in [0.4, 0.5) is 0 Å². The molecule has 0 spiro atoms. The third kappa shape index (κ3) is 2.85. The molecule has 2 aromatic rings. The summed E-state index contributed by atoms with van der Waals surface area (Å²) < 4.78 is 15.5. The van der Waals surface area contributed by atoms with Gasteiger partial charge in [-0.1, -0.05) is 6.07 Å². The molecule has 0 aliphatic rings. The molecule has 19 heavy (non-hydrogen) atoms. The summed E-state index contributed by atoms with van der Waals surface area (Å²) in [6.45, 7) is 0. The van der Waals surface area contributed by atoms with Crippen molar-refractivity contribution in [3.05, 3.63) is 54.0 Å². The number of carbonyl (C=O) groups excluding carboxylic acids is 1. The molecular formula is C15H14O4. The van der Waals surface area contributed by atoms with E-state index in [4.69, 9.17) is 13.9 Å². The van der Waals surface area contributed by atoms with E-state index in [0.717, 1.165) is 0 Å². The second-order valence-electron chi connectivity index (χ2n) is 3.75. The highest BCUT2D eigenvalue weighted by molar-refractivity contribution is 6.10. The topological polar surface area (TPSA) is 48.7 Å². The summed E-state index contributed by atoms with van der Waals surface area (Å²) in [4.78, 5) is 12.2. The third-order valence-electron chi connectivity index (χ3n) is 2.62. The van der Waals surface area contributed by atoms with Crippen LogP contribution in [0.5, 0.6) is 11.5 Å². The van der Waals surface area contributed by atoms with E-state index in [-0.39, 0.29) is 5.78 Å². The second-order valence-corrected chi connectivity index (χ2v) is 3.75. The molecule has 1 aromatic carbocycles. The van der Waals surface area contributed by atoms with Crippen molar-refractivity contribution < 1.29 is 18.7 Å². The highest BCUT2D eigenvalue weighted by Crippen LogP contribution is 2.29. The molecule has 1 heterocycles. The van der Waals surface area contributed by atoms with Gasteiger partial charge in [-0.2, -0.15) is 0 Å². The van der Waals surface area contributed by atoms with Crippen LogP contribution < -0.4 is 9.47 Å². The Morgan fingerprint density at radius 1 is 1.11 bits per heavy atom. The lowest BCUT2D eigenvalue weighted by Crippen LogP contribution is -2.02. The van der Waals surface area contributed by atoms with Crippen molar-refractivity contribution in [2.45, 2.75) is 0 Å². The van der Waals surface area contributed by atoms with Crippen LogP contribution in [-0.4, -0.2) is 20.0 Å². The number of rotatable bonds is 5. The number of allylic oxidation sites excluding steroid dienone is 1. The summed E-state index contributed by atoms with van der Waals surface area (Å²) in [5, 5.41) is 0. The number of methoxy groups -OCH3 is 2. The monoisotopic (exact) mass is 258 g/mol. The smallest absolute Gasteiger partial charge is 0.193 e. The first kappa shape index (κ1) is 13.0. The third-order valence-corrected chi connectivity index (χ3v) is 2.62. The largest absolute Gasteiger partial charge is 0.496 e. The van der Waals surface area contributed by atoms with Crippen LogP contribution in [-0.2, 0) is 0 Å². The van der Waals surface area contributed by atoms with Gasteiger partial charge in [0.25, 0.3) is 0 Å².